The number of fused-ring (bicyclic) bond motifs is 1. The molecule has 2 saturated heterocycles. The summed E-state index contributed by atoms with van der Waals surface area (Å²) in [6.07, 6.45) is 3.28. The van der Waals surface area contributed by atoms with Gasteiger partial charge >= 0.3 is 0 Å². The van der Waals surface area contributed by atoms with E-state index in [2.05, 4.69) is 14.9 Å². The Hall–Kier alpha value is -1.73. The molecule has 0 saturated carbocycles. The molecule has 3 aliphatic rings. The van der Waals surface area contributed by atoms with Gasteiger partial charge in [-0.1, -0.05) is 0 Å². The van der Waals surface area contributed by atoms with E-state index in [4.69, 9.17) is 9.47 Å². The monoisotopic (exact) mass is 318 g/mol. The second-order valence-corrected chi connectivity index (χ2v) is 6.29. The van der Waals surface area contributed by atoms with Crippen LogP contribution in [-0.2, 0) is 27.2 Å². The Kier molecular flexibility index (Phi) is 4.13. The molecule has 1 aromatic heterocycles. The molecule has 2 fully saturated rings. The lowest BCUT2D eigenvalue weighted by atomic mass is 10.0. The number of rotatable bonds is 2. The molecule has 4 rings (SSSR count). The number of hydrogen-bond acceptors (Lipinski definition) is 6. The molecule has 7 nitrogen and oxygen atoms in total. The molecule has 1 amide bonds. The first-order valence-corrected chi connectivity index (χ1v) is 8.35. The molecule has 23 heavy (non-hydrogen) atoms. The Balaban J connectivity index is 1.52. The van der Waals surface area contributed by atoms with Crippen molar-refractivity contribution in [3.05, 3.63) is 17.6 Å². The van der Waals surface area contributed by atoms with Gasteiger partial charge in [-0.15, -0.1) is 0 Å². The van der Waals surface area contributed by atoms with Crippen LogP contribution in [0.4, 0.5) is 5.82 Å². The maximum atomic E-state index is 12.6. The second kappa shape index (κ2) is 6.41. The Bertz CT molecular complexity index is 583. The fourth-order valence-electron chi connectivity index (χ4n) is 3.56. The van der Waals surface area contributed by atoms with Crippen molar-refractivity contribution in [1.82, 2.24) is 14.9 Å². The minimum absolute atomic E-state index is 0.0251. The summed E-state index contributed by atoms with van der Waals surface area (Å²) in [5.74, 6) is 1.26. The van der Waals surface area contributed by atoms with Crippen LogP contribution in [0.2, 0.25) is 0 Å². The van der Waals surface area contributed by atoms with Gasteiger partial charge in [-0.3, -0.25) is 4.79 Å². The SMILES string of the molecule is O=C([C@@H]1CCOC1)N1CCc2c(ncnc2N2CCOCC2)C1. The lowest BCUT2D eigenvalue weighted by Crippen LogP contribution is -2.42. The average molecular weight is 318 g/mol. The topological polar surface area (TPSA) is 67.8 Å². The van der Waals surface area contributed by atoms with E-state index in [1.807, 2.05) is 4.90 Å². The van der Waals surface area contributed by atoms with Crippen LogP contribution in [0.1, 0.15) is 17.7 Å². The molecule has 4 heterocycles. The van der Waals surface area contributed by atoms with Gasteiger partial charge in [-0.05, 0) is 12.8 Å². The highest BCUT2D eigenvalue weighted by Gasteiger charge is 2.32. The van der Waals surface area contributed by atoms with Gasteiger partial charge in [0.1, 0.15) is 12.1 Å². The predicted octanol–water partition coefficient (Wildman–Crippen LogP) is 0.234. The molecular weight excluding hydrogens is 296 g/mol. The molecule has 0 aromatic carbocycles. The van der Waals surface area contributed by atoms with Gasteiger partial charge in [0.15, 0.2) is 0 Å². The molecule has 0 bridgehead atoms. The van der Waals surface area contributed by atoms with Crippen LogP contribution in [0.3, 0.4) is 0 Å². The molecule has 0 spiro atoms. The largest absolute Gasteiger partial charge is 0.381 e. The van der Waals surface area contributed by atoms with Crippen LogP contribution >= 0.6 is 0 Å². The van der Waals surface area contributed by atoms with E-state index in [0.29, 0.717) is 19.8 Å². The number of nitrogens with zero attached hydrogens (tertiary/aromatic N) is 4. The van der Waals surface area contributed by atoms with Crippen LogP contribution in [0.25, 0.3) is 0 Å². The average Bonchev–Trinajstić information content (AvgIpc) is 3.15. The zero-order chi connectivity index (χ0) is 15.6. The molecule has 0 aliphatic carbocycles. The van der Waals surface area contributed by atoms with Crippen molar-refractivity contribution in [3.8, 4) is 0 Å². The van der Waals surface area contributed by atoms with Gasteiger partial charge in [0.25, 0.3) is 0 Å². The first kappa shape index (κ1) is 14.8. The summed E-state index contributed by atoms with van der Waals surface area (Å²) in [6.45, 7) is 5.81. The van der Waals surface area contributed by atoms with Crippen LogP contribution in [-0.4, -0.2) is 66.8 Å². The van der Waals surface area contributed by atoms with Gasteiger partial charge < -0.3 is 19.3 Å². The molecule has 1 atom stereocenters. The number of carbonyl (C=O) groups is 1. The first-order valence-electron chi connectivity index (χ1n) is 8.35. The standard InChI is InChI=1S/C16H22N4O3/c21-16(12-2-6-23-10-12)20-3-1-13-14(9-20)17-11-18-15(13)19-4-7-22-8-5-19/h11-12H,1-10H2/t12-/m1/s1. The quantitative estimate of drug-likeness (QED) is 0.778. The number of amides is 1. The maximum Gasteiger partial charge on any atom is 0.228 e. The van der Waals surface area contributed by atoms with E-state index in [-0.39, 0.29) is 11.8 Å². The third kappa shape index (κ3) is 2.90. The molecule has 0 unspecified atom stereocenters. The Morgan fingerprint density at radius 1 is 1.13 bits per heavy atom. The Morgan fingerprint density at radius 3 is 2.78 bits per heavy atom. The van der Waals surface area contributed by atoms with E-state index in [1.54, 1.807) is 6.33 Å². The van der Waals surface area contributed by atoms with Crippen molar-refractivity contribution in [3.63, 3.8) is 0 Å². The summed E-state index contributed by atoms with van der Waals surface area (Å²) in [5.41, 5.74) is 2.18. The Labute approximate surface area is 135 Å². The minimum Gasteiger partial charge on any atom is -0.381 e. The Morgan fingerprint density at radius 2 is 2.00 bits per heavy atom. The first-order chi connectivity index (χ1) is 11.3. The van der Waals surface area contributed by atoms with E-state index in [0.717, 1.165) is 57.2 Å². The highest BCUT2D eigenvalue weighted by Crippen LogP contribution is 2.27. The number of anilines is 1. The number of ether oxygens (including phenoxy) is 2. The van der Waals surface area contributed by atoms with Crippen LogP contribution in [0.15, 0.2) is 6.33 Å². The van der Waals surface area contributed by atoms with Gasteiger partial charge in [0.05, 0.1) is 38.0 Å². The van der Waals surface area contributed by atoms with Crippen LogP contribution in [0, 0.1) is 5.92 Å². The van der Waals surface area contributed by atoms with Crippen molar-refractivity contribution < 1.29 is 14.3 Å². The number of hydrogen-bond donors (Lipinski definition) is 0. The molecule has 124 valence electrons. The summed E-state index contributed by atoms with van der Waals surface area (Å²) >= 11 is 0. The second-order valence-electron chi connectivity index (χ2n) is 6.29. The van der Waals surface area contributed by atoms with Crippen molar-refractivity contribution in [1.29, 1.82) is 0 Å². The predicted molar refractivity (Wildman–Crippen MR) is 83.1 cm³/mol. The van der Waals surface area contributed by atoms with Crippen molar-refractivity contribution in [2.45, 2.75) is 19.4 Å². The van der Waals surface area contributed by atoms with E-state index >= 15 is 0 Å². The van der Waals surface area contributed by atoms with E-state index < -0.39 is 0 Å². The molecular formula is C16H22N4O3. The van der Waals surface area contributed by atoms with Crippen LogP contribution < -0.4 is 4.90 Å². The smallest absolute Gasteiger partial charge is 0.228 e. The third-order valence-corrected chi connectivity index (χ3v) is 4.89. The van der Waals surface area contributed by atoms with E-state index in [1.165, 1.54) is 5.56 Å². The fraction of sp³-hybridized carbons (Fsp3) is 0.688. The highest BCUT2D eigenvalue weighted by atomic mass is 16.5. The molecule has 3 aliphatic heterocycles. The zero-order valence-corrected chi connectivity index (χ0v) is 13.2. The van der Waals surface area contributed by atoms with Crippen molar-refractivity contribution >= 4 is 11.7 Å². The van der Waals surface area contributed by atoms with Crippen LogP contribution in [0.5, 0.6) is 0 Å². The summed E-state index contributed by atoms with van der Waals surface area (Å²) in [6, 6.07) is 0. The van der Waals surface area contributed by atoms with Gasteiger partial charge in [-0.25, -0.2) is 9.97 Å². The van der Waals surface area contributed by atoms with Gasteiger partial charge in [0.2, 0.25) is 5.91 Å². The van der Waals surface area contributed by atoms with Crippen molar-refractivity contribution in [2.24, 2.45) is 5.92 Å². The summed E-state index contributed by atoms with van der Waals surface area (Å²) in [4.78, 5) is 25.7. The summed E-state index contributed by atoms with van der Waals surface area (Å²) < 4.78 is 10.8. The summed E-state index contributed by atoms with van der Waals surface area (Å²) in [5, 5.41) is 0. The lowest BCUT2D eigenvalue weighted by Gasteiger charge is -2.34. The van der Waals surface area contributed by atoms with E-state index in [9.17, 15) is 4.79 Å². The van der Waals surface area contributed by atoms with Crippen molar-refractivity contribution in [2.75, 3.05) is 51.0 Å². The highest BCUT2D eigenvalue weighted by molar-refractivity contribution is 5.79. The normalized spacial score (nSPS) is 24.6. The molecule has 1 aromatic rings. The van der Waals surface area contributed by atoms with Gasteiger partial charge in [-0.2, -0.15) is 0 Å². The number of carbonyl (C=O) groups excluding carboxylic acids is 1. The maximum absolute atomic E-state index is 12.6. The van der Waals surface area contributed by atoms with Gasteiger partial charge in [0, 0.05) is 31.8 Å². The third-order valence-electron chi connectivity index (χ3n) is 4.89. The number of aromatic nitrogens is 2. The minimum atomic E-state index is 0.0251. The zero-order valence-electron chi connectivity index (χ0n) is 13.2. The fourth-order valence-corrected chi connectivity index (χ4v) is 3.56. The summed E-state index contributed by atoms with van der Waals surface area (Å²) in [7, 11) is 0. The molecule has 0 radical (unpaired) electrons. The lowest BCUT2D eigenvalue weighted by molar-refractivity contribution is -0.136. The molecule has 7 heteroatoms. The molecule has 0 N–H and O–H groups in total. The number of morpholine rings is 1.